The van der Waals surface area contributed by atoms with Gasteiger partial charge < -0.3 is 14.2 Å². The second kappa shape index (κ2) is 6.79. The fourth-order valence-corrected chi connectivity index (χ4v) is 3.49. The Kier molecular flexibility index (Phi) is 5.19. The molecule has 0 saturated carbocycles. The van der Waals surface area contributed by atoms with Gasteiger partial charge in [0.05, 0.1) is 13.7 Å². The van der Waals surface area contributed by atoms with Crippen molar-refractivity contribution in [3.05, 3.63) is 34.9 Å². The molecular formula is C18H26O4Si. The van der Waals surface area contributed by atoms with E-state index in [0.29, 0.717) is 24.3 Å². The molecule has 5 heteroatoms. The van der Waals surface area contributed by atoms with Crippen LogP contribution in [-0.4, -0.2) is 27.8 Å². The van der Waals surface area contributed by atoms with Crippen molar-refractivity contribution in [2.24, 2.45) is 0 Å². The van der Waals surface area contributed by atoms with Gasteiger partial charge in [-0.2, -0.15) is 0 Å². The van der Waals surface area contributed by atoms with E-state index in [1.165, 1.54) is 0 Å². The minimum Gasteiger partial charge on any atom is -0.496 e. The summed E-state index contributed by atoms with van der Waals surface area (Å²) in [5.74, 6) is 1.08. The van der Waals surface area contributed by atoms with E-state index >= 15 is 0 Å². The molecule has 1 heterocycles. The summed E-state index contributed by atoms with van der Waals surface area (Å²) >= 11 is 0. The maximum atomic E-state index is 12.2. The number of methoxy groups -OCH3 is 1. The van der Waals surface area contributed by atoms with Crippen LogP contribution in [0, 0.1) is 6.92 Å². The van der Waals surface area contributed by atoms with Crippen molar-refractivity contribution in [1.29, 1.82) is 0 Å². The Morgan fingerprint density at radius 3 is 2.57 bits per heavy atom. The third-order valence-electron chi connectivity index (χ3n) is 4.07. The number of carbonyl (C=O) groups excluding carboxylic acids is 1. The van der Waals surface area contributed by atoms with Crippen LogP contribution >= 0.6 is 0 Å². The molecule has 0 spiro atoms. The van der Waals surface area contributed by atoms with Crippen LogP contribution in [0.1, 0.15) is 27.0 Å². The van der Waals surface area contributed by atoms with Crippen molar-refractivity contribution >= 4 is 14.0 Å². The number of esters is 1. The molecule has 0 aromatic heterocycles. The first-order valence-electron chi connectivity index (χ1n) is 7.93. The fourth-order valence-electron chi connectivity index (χ4n) is 2.77. The molecule has 0 aliphatic carbocycles. The SMILES string of the molecule is C=CCc1c(OC)c(C)c2c(c1OCC[Si](C)(C)C)C(=O)OC2. The van der Waals surface area contributed by atoms with Gasteiger partial charge in [-0.1, -0.05) is 25.7 Å². The van der Waals surface area contributed by atoms with E-state index in [9.17, 15) is 4.79 Å². The average Bonchev–Trinajstić information content (AvgIpc) is 2.84. The van der Waals surface area contributed by atoms with Crippen LogP contribution in [0.3, 0.4) is 0 Å². The highest BCUT2D eigenvalue weighted by molar-refractivity contribution is 6.76. The standard InChI is InChI=1S/C18H26O4Si/c1-7-8-13-16(20-3)12(2)14-11-22-18(19)15(14)17(13)21-9-10-23(4,5)6/h7H,1,8-11H2,2-6H3. The number of benzene rings is 1. The Bertz CT molecular complexity index is 629. The lowest BCUT2D eigenvalue weighted by Crippen LogP contribution is -2.23. The molecule has 0 unspecified atom stereocenters. The summed E-state index contributed by atoms with van der Waals surface area (Å²) in [6.07, 6.45) is 2.39. The molecule has 1 aromatic carbocycles. The zero-order chi connectivity index (χ0) is 17.2. The monoisotopic (exact) mass is 334 g/mol. The molecule has 4 nitrogen and oxygen atoms in total. The van der Waals surface area contributed by atoms with Gasteiger partial charge in [-0.05, 0) is 25.0 Å². The maximum absolute atomic E-state index is 12.2. The van der Waals surface area contributed by atoms with E-state index in [4.69, 9.17) is 14.2 Å². The van der Waals surface area contributed by atoms with Gasteiger partial charge in [0.2, 0.25) is 0 Å². The molecule has 126 valence electrons. The molecule has 0 fully saturated rings. The van der Waals surface area contributed by atoms with Gasteiger partial charge in [0.25, 0.3) is 0 Å². The van der Waals surface area contributed by atoms with Crippen LogP contribution in [0.15, 0.2) is 12.7 Å². The number of hydrogen-bond donors (Lipinski definition) is 0. The lowest BCUT2D eigenvalue weighted by Gasteiger charge is -2.21. The normalized spacial score (nSPS) is 13.5. The summed E-state index contributed by atoms with van der Waals surface area (Å²) in [5, 5.41) is 0. The molecule has 1 aliphatic heterocycles. The van der Waals surface area contributed by atoms with Gasteiger partial charge in [0.15, 0.2) is 0 Å². The number of hydrogen-bond acceptors (Lipinski definition) is 4. The first kappa shape index (κ1) is 17.6. The second-order valence-electron chi connectivity index (χ2n) is 7.05. The summed E-state index contributed by atoms with van der Waals surface area (Å²) in [6.45, 7) is 13.6. The summed E-state index contributed by atoms with van der Waals surface area (Å²) in [5.41, 5.74) is 3.27. The molecule has 0 N–H and O–H groups in total. The van der Waals surface area contributed by atoms with E-state index < -0.39 is 8.07 Å². The molecule has 0 bridgehead atoms. The van der Waals surface area contributed by atoms with Gasteiger partial charge in [0.1, 0.15) is 23.7 Å². The summed E-state index contributed by atoms with van der Waals surface area (Å²) < 4.78 is 16.9. The van der Waals surface area contributed by atoms with Gasteiger partial charge in [-0.3, -0.25) is 0 Å². The Morgan fingerprint density at radius 2 is 2.00 bits per heavy atom. The number of rotatable bonds is 7. The van der Waals surface area contributed by atoms with Crippen LogP contribution in [0.2, 0.25) is 25.7 Å². The largest absolute Gasteiger partial charge is 0.496 e. The highest BCUT2D eigenvalue weighted by Crippen LogP contribution is 2.42. The summed E-state index contributed by atoms with van der Waals surface area (Å²) in [4.78, 5) is 12.2. The molecule has 0 atom stereocenters. The predicted molar refractivity (Wildman–Crippen MR) is 94.4 cm³/mol. The highest BCUT2D eigenvalue weighted by atomic mass is 28.3. The Balaban J connectivity index is 2.50. The second-order valence-corrected chi connectivity index (χ2v) is 12.7. The van der Waals surface area contributed by atoms with Crippen molar-refractivity contribution in [3.8, 4) is 11.5 Å². The van der Waals surface area contributed by atoms with Gasteiger partial charge in [0, 0.05) is 19.2 Å². The van der Waals surface area contributed by atoms with Crippen molar-refractivity contribution in [2.45, 2.75) is 45.6 Å². The Morgan fingerprint density at radius 1 is 1.30 bits per heavy atom. The quantitative estimate of drug-likeness (QED) is 0.427. The fraction of sp³-hybridized carbons (Fsp3) is 0.500. The zero-order valence-electron chi connectivity index (χ0n) is 14.7. The molecule has 23 heavy (non-hydrogen) atoms. The lowest BCUT2D eigenvalue weighted by molar-refractivity contribution is 0.0532. The highest BCUT2D eigenvalue weighted by Gasteiger charge is 2.33. The first-order chi connectivity index (χ1) is 10.8. The summed E-state index contributed by atoms with van der Waals surface area (Å²) in [6, 6.07) is 1.03. The van der Waals surface area contributed by atoms with E-state index in [1.54, 1.807) is 13.2 Å². The van der Waals surface area contributed by atoms with Crippen molar-refractivity contribution in [2.75, 3.05) is 13.7 Å². The minimum absolute atomic E-state index is 0.287. The van der Waals surface area contributed by atoms with Crippen molar-refractivity contribution < 1.29 is 19.0 Å². The van der Waals surface area contributed by atoms with E-state index in [0.717, 1.165) is 28.5 Å². The molecule has 1 aromatic rings. The van der Waals surface area contributed by atoms with Crippen molar-refractivity contribution in [3.63, 3.8) is 0 Å². The van der Waals surface area contributed by atoms with Gasteiger partial charge in [-0.15, -0.1) is 6.58 Å². The number of allylic oxidation sites excluding steroid dienone is 1. The molecule has 0 radical (unpaired) electrons. The number of carbonyl (C=O) groups is 1. The molecular weight excluding hydrogens is 308 g/mol. The van der Waals surface area contributed by atoms with Gasteiger partial charge in [-0.25, -0.2) is 4.79 Å². The topological polar surface area (TPSA) is 44.8 Å². The van der Waals surface area contributed by atoms with E-state index in [-0.39, 0.29) is 12.6 Å². The summed E-state index contributed by atoms with van der Waals surface area (Å²) in [7, 11) is 0.429. The molecule has 0 amide bonds. The van der Waals surface area contributed by atoms with E-state index in [1.807, 2.05) is 6.92 Å². The van der Waals surface area contributed by atoms with Crippen LogP contribution in [0.25, 0.3) is 0 Å². The minimum atomic E-state index is -1.21. The Hall–Kier alpha value is -1.75. The van der Waals surface area contributed by atoms with Crippen molar-refractivity contribution in [1.82, 2.24) is 0 Å². The van der Waals surface area contributed by atoms with Gasteiger partial charge >= 0.3 is 5.97 Å². The molecule has 0 saturated heterocycles. The third kappa shape index (κ3) is 3.60. The lowest BCUT2D eigenvalue weighted by atomic mass is 9.95. The first-order valence-corrected chi connectivity index (χ1v) is 11.6. The van der Waals surface area contributed by atoms with E-state index in [2.05, 4.69) is 26.2 Å². The molecule has 1 aliphatic rings. The van der Waals surface area contributed by atoms with Crippen LogP contribution in [-0.2, 0) is 17.8 Å². The van der Waals surface area contributed by atoms with Crippen LogP contribution in [0.5, 0.6) is 11.5 Å². The number of fused-ring (bicyclic) bond motifs is 1. The van der Waals surface area contributed by atoms with Crippen LogP contribution < -0.4 is 9.47 Å². The zero-order valence-corrected chi connectivity index (χ0v) is 15.7. The predicted octanol–water partition coefficient (Wildman–Crippen LogP) is 4.12. The molecule has 2 rings (SSSR count). The van der Waals surface area contributed by atoms with Crippen LogP contribution in [0.4, 0.5) is 0 Å². The number of cyclic esters (lactones) is 1. The smallest absolute Gasteiger partial charge is 0.342 e. The Labute approximate surface area is 139 Å². The number of ether oxygens (including phenoxy) is 3. The maximum Gasteiger partial charge on any atom is 0.342 e. The average molecular weight is 334 g/mol. The third-order valence-corrected chi connectivity index (χ3v) is 5.78.